The molecule has 1 heterocycles. The highest BCUT2D eigenvalue weighted by atomic mass is 19.1. The van der Waals surface area contributed by atoms with Crippen LogP contribution in [0.3, 0.4) is 0 Å². The molecule has 1 aromatic rings. The fraction of sp³-hybridized carbons (Fsp3) is 0.650. The largest absolute Gasteiger partial charge is 0.393 e. The minimum atomic E-state index is -0.301. The van der Waals surface area contributed by atoms with E-state index in [9.17, 15) is 14.3 Å². The Kier molecular flexibility index (Phi) is 5.62. The van der Waals surface area contributed by atoms with Crippen molar-refractivity contribution in [2.75, 3.05) is 19.6 Å². The molecule has 0 spiro atoms. The number of amides is 2. The van der Waals surface area contributed by atoms with Crippen molar-refractivity contribution < 1.29 is 14.3 Å². The minimum absolute atomic E-state index is 0.0163. The molecular formula is C20H29FN2O2. The van der Waals surface area contributed by atoms with Crippen molar-refractivity contribution in [3.05, 3.63) is 35.6 Å². The van der Waals surface area contributed by atoms with Crippen LogP contribution in [0, 0.1) is 11.7 Å². The van der Waals surface area contributed by atoms with Crippen LogP contribution in [0.5, 0.6) is 0 Å². The standard InChI is InChI=1S/C20H29FN2O2/c1-15(24)16-8-12-23(13-9-16)19(25)22-14-20(10-2-3-11-20)17-4-6-18(21)7-5-17/h4-7,15-16,24H,2-3,8-14H2,1H3,(H,22,25). The van der Waals surface area contributed by atoms with Crippen LogP contribution >= 0.6 is 0 Å². The van der Waals surface area contributed by atoms with Crippen LogP contribution < -0.4 is 5.32 Å². The quantitative estimate of drug-likeness (QED) is 0.876. The van der Waals surface area contributed by atoms with Gasteiger partial charge in [-0.1, -0.05) is 25.0 Å². The summed E-state index contributed by atoms with van der Waals surface area (Å²) in [5, 5.41) is 12.8. The van der Waals surface area contributed by atoms with Gasteiger partial charge in [-0.2, -0.15) is 0 Å². The van der Waals surface area contributed by atoms with Gasteiger partial charge in [-0.3, -0.25) is 0 Å². The lowest BCUT2D eigenvalue weighted by atomic mass is 9.79. The van der Waals surface area contributed by atoms with Gasteiger partial charge in [0.1, 0.15) is 5.82 Å². The van der Waals surface area contributed by atoms with Crippen molar-refractivity contribution in [1.29, 1.82) is 0 Å². The first-order valence-electron chi connectivity index (χ1n) is 9.47. The smallest absolute Gasteiger partial charge is 0.317 e. The molecule has 2 amide bonds. The van der Waals surface area contributed by atoms with Gasteiger partial charge in [0.15, 0.2) is 0 Å². The van der Waals surface area contributed by atoms with Crippen molar-refractivity contribution in [3.63, 3.8) is 0 Å². The van der Waals surface area contributed by atoms with Crippen molar-refractivity contribution in [3.8, 4) is 0 Å². The summed E-state index contributed by atoms with van der Waals surface area (Å²) >= 11 is 0. The number of aliphatic hydroxyl groups excluding tert-OH is 1. The maximum atomic E-state index is 13.2. The molecule has 138 valence electrons. The number of aliphatic hydroxyl groups is 1. The Balaban J connectivity index is 1.59. The predicted molar refractivity (Wildman–Crippen MR) is 95.9 cm³/mol. The third kappa shape index (κ3) is 4.14. The van der Waals surface area contributed by atoms with Gasteiger partial charge < -0.3 is 15.3 Å². The fourth-order valence-electron chi connectivity index (χ4n) is 4.36. The Labute approximate surface area is 149 Å². The molecule has 1 atom stereocenters. The molecule has 0 radical (unpaired) electrons. The number of hydrogen-bond acceptors (Lipinski definition) is 2. The molecule has 2 aliphatic rings. The Morgan fingerprint density at radius 3 is 2.44 bits per heavy atom. The Hall–Kier alpha value is -1.62. The monoisotopic (exact) mass is 348 g/mol. The number of nitrogens with zero attached hydrogens (tertiary/aromatic N) is 1. The van der Waals surface area contributed by atoms with E-state index in [1.165, 1.54) is 12.1 Å². The van der Waals surface area contributed by atoms with Gasteiger partial charge in [0.25, 0.3) is 0 Å². The molecule has 1 saturated heterocycles. The van der Waals surface area contributed by atoms with Crippen LogP contribution in [0.15, 0.2) is 24.3 Å². The summed E-state index contributed by atoms with van der Waals surface area (Å²) in [4.78, 5) is 14.4. The molecule has 1 aliphatic carbocycles. The number of carbonyl (C=O) groups excluding carboxylic acids is 1. The van der Waals surface area contributed by atoms with Crippen LogP contribution in [0.1, 0.15) is 51.0 Å². The van der Waals surface area contributed by atoms with Gasteiger partial charge in [-0.05, 0) is 56.2 Å². The van der Waals surface area contributed by atoms with Gasteiger partial charge in [0.05, 0.1) is 6.10 Å². The minimum Gasteiger partial charge on any atom is -0.393 e. The normalized spacial score (nSPS) is 22.0. The molecule has 0 aromatic heterocycles. The first-order chi connectivity index (χ1) is 12.0. The number of hydrogen-bond donors (Lipinski definition) is 2. The highest BCUT2D eigenvalue weighted by Gasteiger charge is 2.36. The van der Waals surface area contributed by atoms with Gasteiger partial charge in [0, 0.05) is 25.0 Å². The van der Waals surface area contributed by atoms with Crippen LogP contribution in [0.2, 0.25) is 0 Å². The number of carbonyl (C=O) groups is 1. The van der Waals surface area contributed by atoms with E-state index < -0.39 is 0 Å². The SMILES string of the molecule is CC(O)C1CCN(C(=O)NCC2(c3ccc(F)cc3)CCCC2)CC1. The average Bonchev–Trinajstić information content (AvgIpc) is 3.10. The van der Waals surface area contributed by atoms with E-state index in [2.05, 4.69) is 5.32 Å². The molecule has 5 heteroatoms. The van der Waals surface area contributed by atoms with E-state index in [0.29, 0.717) is 25.6 Å². The van der Waals surface area contributed by atoms with E-state index >= 15 is 0 Å². The third-order valence-corrected chi connectivity index (χ3v) is 6.10. The van der Waals surface area contributed by atoms with Gasteiger partial charge in [-0.25, -0.2) is 9.18 Å². The van der Waals surface area contributed by atoms with E-state index in [0.717, 1.165) is 44.1 Å². The molecule has 1 unspecified atom stereocenters. The zero-order chi connectivity index (χ0) is 17.9. The average molecular weight is 348 g/mol. The second-order valence-corrected chi connectivity index (χ2v) is 7.72. The lowest BCUT2D eigenvalue weighted by molar-refractivity contribution is 0.0795. The second kappa shape index (κ2) is 7.73. The molecule has 25 heavy (non-hydrogen) atoms. The van der Waals surface area contributed by atoms with Crippen LogP contribution in [-0.2, 0) is 5.41 Å². The molecule has 3 rings (SSSR count). The number of halogens is 1. The maximum absolute atomic E-state index is 13.2. The Morgan fingerprint density at radius 1 is 1.28 bits per heavy atom. The van der Waals surface area contributed by atoms with Crippen molar-refractivity contribution in [1.82, 2.24) is 10.2 Å². The summed E-state index contributed by atoms with van der Waals surface area (Å²) < 4.78 is 13.2. The predicted octanol–water partition coefficient (Wildman–Crippen LogP) is 3.44. The molecule has 0 bridgehead atoms. The summed E-state index contributed by atoms with van der Waals surface area (Å²) in [6.45, 7) is 3.83. The van der Waals surface area contributed by atoms with Gasteiger partial charge >= 0.3 is 6.03 Å². The van der Waals surface area contributed by atoms with Crippen molar-refractivity contribution in [2.24, 2.45) is 5.92 Å². The molecule has 1 aromatic carbocycles. The van der Waals surface area contributed by atoms with Crippen molar-refractivity contribution in [2.45, 2.75) is 57.0 Å². The number of rotatable bonds is 4. The van der Waals surface area contributed by atoms with E-state index in [1.807, 2.05) is 24.0 Å². The summed E-state index contributed by atoms with van der Waals surface area (Å²) in [5.74, 6) is 0.0753. The first-order valence-corrected chi connectivity index (χ1v) is 9.47. The highest BCUT2D eigenvalue weighted by Crippen LogP contribution is 2.40. The number of piperidine rings is 1. The number of benzene rings is 1. The zero-order valence-corrected chi connectivity index (χ0v) is 15.0. The second-order valence-electron chi connectivity index (χ2n) is 7.72. The highest BCUT2D eigenvalue weighted by molar-refractivity contribution is 5.74. The van der Waals surface area contributed by atoms with Crippen LogP contribution in [0.25, 0.3) is 0 Å². The third-order valence-electron chi connectivity index (χ3n) is 6.10. The number of urea groups is 1. The van der Waals surface area contributed by atoms with E-state index in [1.54, 1.807) is 0 Å². The number of nitrogens with one attached hydrogen (secondary N) is 1. The first kappa shape index (κ1) is 18.2. The molecule has 4 nitrogen and oxygen atoms in total. The Bertz CT molecular complexity index is 574. The topological polar surface area (TPSA) is 52.6 Å². The lowest BCUT2D eigenvalue weighted by Crippen LogP contribution is -2.49. The Morgan fingerprint density at radius 2 is 1.88 bits per heavy atom. The summed E-state index contributed by atoms with van der Waals surface area (Å²) in [5.41, 5.74) is 1.06. The molecular weight excluding hydrogens is 319 g/mol. The molecule has 1 saturated carbocycles. The molecule has 2 N–H and O–H groups in total. The van der Waals surface area contributed by atoms with Crippen LogP contribution in [0.4, 0.5) is 9.18 Å². The van der Waals surface area contributed by atoms with Gasteiger partial charge in [-0.15, -0.1) is 0 Å². The zero-order valence-electron chi connectivity index (χ0n) is 15.0. The molecule has 2 fully saturated rings. The fourth-order valence-corrected chi connectivity index (χ4v) is 4.36. The maximum Gasteiger partial charge on any atom is 0.317 e. The van der Waals surface area contributed by atoms with E-state index in [-0.39, 0.29) is 23.4 Å². The lowest BCUT2D eigenvalue weighted by Gasteiger charge is -2.35. The summed E-state index contributed by atoms with van der Waals surface area (Å²) in [7, 11) is 0. The van der Waals surface area contributed by atoms with E-state index in [4.69, 9.17) is 0 Å². The summed E-state index contributed by atoms with van der Waals surface area (Å²) in [6, 6.07) is 6.73. The van der Waals surface area contributed by atoms with Crippen LogP contribution in [-0.4, -0.2) is 41.8 Å². The summed E-state index contributed by atoms with van der Waals surface area (Å²) in [6.07, 6.45) is 5.76. The number of likely N-dealkylation sites (tertiary alicyclic amines) is 1. The molecule has 1 aliphatic heterocycles. The van der Waals surface area contributed by atoms with Gasteiger partial charge in [0.2, 0.25) is 0 Å². The van der Waals surface area contributed by atoms with Crippen molar-refractivity contribution >= 4 is 6.03 Å².